The molecule has 0 atom stereocenters. The molecule has 0 aliphatic carbocycles. The number of carboxylic acids is 1. The van der Waals surface area contributed by atoms with Crippen LogP contribution in [0, 0.1) is 0 Å². The lowest BCUT2D eigenvalue weighted by Gasteiger charge is -2.13. The molecule has 0 saturated carbocycles. The Bertz CT molecular complexity index is 1140. The molecule has 10 nitrogen and oxygen atoms in total. The number of aliphatic carboxylic acids is 1. The summed E-state index contributed by atoms with van der Waals surface area (Å²) in [6, 6.07) is 5.99. The van der Waals surface area contributed by atoms with E-state index in [1.807, 2.05) is 0 Å². The van der Waals surface area contributed by atoms with Crippen LogP contribution in [-0.2, 0) is 20.9 Å². The van der Waals surface area contributed by atoms with Crippen molar-refractivity contribution in [3.05, 3.63) is 50.7 Å². The van der Waals surface area contributed by atoms with Gasteiger partial charge in [0.2, 0.25) is 5.76 Å². The average molecular weight is 540 g/mol. The fourth-order valence-corrected chi connectivity index (χ4v) is 4.05. The topological polar surface area (TPSA) is 133 Å². The molecule has 2 aromatic rings. The number of carbonyl (C=O) groups is 4. The lowest BCUT2D eigenvalue weighted by atomic mass is 10.1. The number of imide groups is 1. The number of amides is 2. The molecule has 0 spiro atoms. The number of esters is 1. The van der Waals surface area contributed by atoms with Gasteiger partial charge in [0.15, 0.2) is 18.1 Å². The Labute approximate surface area is 200 Å². The van der Waals surface area contributed by atoms with Crippen LogP contribution in [0.2, 0.25) is 0 Å². The molecule has 2 heterocycles. The predicted octanol–water partition coefficient (Wildman–Crippen LogP) is 3.93. The lowest BCUT2D eigenvalue weighted by Crippen LogP contribution is -2.27. The van der Waals surface area contributed by atoms with Crippen LogP contribution < -0.4 is 9.47 Å². The smallest absolute Gasteiger partial charge is 0.373 e. The van der Waals surface area contributed by atoms with Crippen molar-refractivity contribution in [3.63, 3.8) is 0 Å². The minimum atomic E-state index is -1.14. The van der Waals surface area contributed by atoms with Crippen LogP contribution in [0.15, 0.2) is 38.1 Å². The highest BCUT2D eigenvalue weighted by Gasteiger charge is 2.36. The first-order valence-electron chi connectivity index (χ1n) is 9.46. The Balaban J connectivity index is 1.83. The molecule has 1 aromatic carbocycles. The van der Waals surface area contributed by atoms with Crippen LogP contribution in [0.25, 0.3) is 6.08 Å². The fourth-order valence-electron chi connectivity index (χ4n) is 2.79. The first-order chi connectivity index (χ1) is 15.7. The van der Waals surface area contributed by atoms with Crippen molar-refractivity contribution >= 4 is 56.9 Å². The highest BCUT2D eigenvalue weighted by atomic mass is 79.9. The SMILES string of the molecule is CCOc1cc(/C=C2/SC(=O)N(Cc3ccc(C(=O)OC)o3)C2=O)c(Br)cc1OCC(=O)O. The largest absolute Gasteiger partial charge is 0.490 e. The number of rotatable bonds is 9. The Hall–Kier alpha value is -3.25. The fraction of sp³-hybridized carbons (Fsp3) is 0.238. The second kappa shape index (κ2) is 10.6. The number of hydrogen-bond donors (Lipinski definition) is 1. The van der Waals surface area contributed by atoms with Gasteiger partial charge in [0.25, 0.3) is 11.1 Å². The Morgan fingerprint density at radius 2 is 1.94 bits per heavy atom. The number of benzene rings is 1. The molecule has 0 unspecified atom stereocenters. The third-order valence-electron chi connectivity index (χ3n) is 4.24. The van der Waals surface area contributed by atoms with Crippen LogP contribution in [0.4, 0.5) is 4.79 Å². The minimum absolute atomic E-state index is 0.0346. The molecule has 1 saturated heterocycles. The van der Waals surface area contributed by atoms with Crippen molar-refractivity contribution in [3.8, 4) is 11.5 Å². The second-order valence-electron chi connectivity index (χ2n) is 6.46. The van der Waals surface area contributed by atoms with E-state index in [1.54, 1.807) is 13.0 Å². The molecule has 1 N–H and O–H groups in total. The molecule has 1 aromatic heterocycles. The van der Waals surface area contributed by atoms with E-state index in [0.29, 0.717) is 22.4 Å². The van der Waals surface area contributed by atoms with Crippen LogP contribution in [0.5, 0.6) is 11.5 Å². The van der Waals surface area contributed by atoms with E-state index in [-0.39, 0.29) is 28.7 Å². The van der Waals surface area contributed by atoms with Gasteiger partial charge in [-0.05, 0) is 54.6 Å². The number of carboxylic acid groups (broad SMARTS) is 1. The summed E-state index contributed by atoms with van der Waals surface area (Å²) in [5, 5.41) is 8.35. The third kappa shape index (κ3) is 5.76. The summed E-state index contributed by atoms with van der Waals surface area (Å²) in [7, 11) is 1.21. The Kier molecular flexibility index (Phi) is 7.82. The maximum atomic E-state index is 12.8. The van der Waals surface area contributed by atoms with Crippen LogP contribution >= 0.6 is 27.7 Å². The minimum Gasteiger partial charge on any atom is -0.490 e. The number of furan rings is 1. The van der Waals surface area contributed by atoms with Crippen molar-refractivity contribution in [2.75, 3.05) is 20.3 Å². The summed E-state index contributed by atoms with van der Waals surface area (Å²) in [6.07, 6.45) is 1.51. The molecular formula is C21H18BrNO9S. The van der Waals surface area contributed by atoms with Crippen LogP contribution in [0.3, 0.4) is 0 Å². The van der Waals surface area contributed by atoms with Gasteiger partial charge < -0.3 is 23.7 Å². The van der Waals surface area contributed by atoms with Gasteiger partial charge >= 0.3 is 11.9 Å². The zero-order valence-electron chi connectivity index (χ0n) is 17.5. The maximum Gasteiger partial charge on any atom is 0.373 e. The number of hydrogen-bond acceptors (Lipinski definition) is 9. The first-order valence-corrected chi connectivity index (χ1v) is 11.1. The van der Waals surface area contributed by atoms with Gasteiger partial charge in [-0.2, -0.15) is 0 Å². The Morgan fingerprint density at radius 3 is 2.61 bits per heavy atom. The zero-order valence-corrected chi connectivity index (χ0v) is 19.9. The number of thioether (sulfide) groups is 1. The van der Waals surface area contributed by atoms with E-state index in [2.05, 4.69) is 20.7 Å². The summed E-state index contributed by atoms with van der Waals surface area (Å²) in [4.78, 5) is 48.8. The van der Waals surface area contributed by atoms with Gasteiger partial charge in [0, 0.05) is 4.47 Å². The summed E-state index contributed by atoms with van der Waals surface area (Å²) < 4.78 is 21.2. The molecule has 2 amide bonds. The van der Waals surface area contributed by atoms with Crippen molar-refractivity contribution in [1.82, 2.24) is 4.90 Å². The van der Waals surface area contributed by atoms with Gasteiger partial charge in [-0.1, -0.05) is 15.9 Å². The monoisotopic (exact) mass is 539 g/mol. The lowest BCUT2D eigenvalue weighted by molar-refractivity contribution is -0.139. The second-order valence-corrected chi connectivity index (χ2v) is 8.31. The number of halogens is 1. The molecule has 174 valence electrons. The normalized spacial score (nSPS) is 14.6. The van der Waals surface area contributed by atoms with Crippen molar-refractivity contribution in [2.24, 2.45) is 0 Å². The standard InChI is InChI=1S/C21H18BrNO9S/c1-3-30-15-6-11(13(22)8-16(15)31-10-18(24)25)7-17-19(26)23(21(28)33-17)9-12-4-5-14(32-12)20(27)29-2/h4-8H,3,9-10H2,1-2H3,(H,24,25)/b17-7+. The summed E-state index contributed by atoms with van der Waals surface area (Å²) in [5.41, 5.74) is 0.526. The van der Waals surface area contributed by atoms with Gasteiger partial charge in [0.05, 0.1) is 25.2 Å². The molecular weight excluding hydrogens is 522 g/mol. The Morgan fingerprint density at radius 1 is 1.21 bits per heavy atom. The molecule has 12 heteroatoms. The number of ether oxygens (including phenoxy) is 3. The van der Waals surface area contributed by atoms with Gasteiger partial charge in [-0.15, -0.1) is 0 Å². The quantitative estimate of drug-likeness (QED) is 0.369. The highest BCUT2D eigenvalue weighted by molar-refractivity contribution is 9.10. The van der Waals surface area contributed by atoms with Crippen molar-refractivity contribution in [1.29, 1.82) is 0 Å². The predicted molar refractivity (Wildman–Crippen MR) is 120 cm³/mol. The maximum absolute atomic E-state index is 12.8. The molecule has 1 aliphatic rings. The molecule has 33 heavy (non-hydrogen) atoms. The molecule has 3 rings (SSSR count). The van der Waals surface area contributed by atoms with Gasteiger partial charge in [-0.25, -0.2) is 9.59 Å². The van der Waals surface area contributed by atoms with Crippen molar-refractivity contribution in [2.45, 2.75) is 13.5 Å². The number of methoxy groups -OCH3 is 1. The average Bonchev–Trinajstić information content (AvgIpc) is 3.35. The van der Waals surface area contributed by atoms with E-state index in [4.69, 9.17) is 19.0 Å². The van der Waals surface area contributed by atoms with Gasteiger partial charge in [-0.3, -0.25) is 14.5 Å². The van der Waals surface area contributed by atoms with E-state index >= 15 is 0 Å². The number of nitrogens with zero attached hydrogens (tertiary/aromatic N) is 1. The summed E-state index contributed by atoms with van der Waals surface area (Å²) >= 11 is 4.12. The van der Waals surface area contributed by atoms with Gasteiger partial charge in [0.1, 0.15) is 5.76 Å². The third-order valence-corrected chi connectivity index (χ3v) is 5.83. The zero-order chi connectivity index (χ0) is 24.1. The summed E-state index contributed by atoms with van der Waals surface area (Å²) in [6.45, 7) is 1.37. The van der Waals surface area contributed by atoms with E-state index in [0.717, 1.165) is 16.7 Å². The first kappa shape index (κ1) is 24.4. The number of carbonyl (C=O) groups excluding carboxylic acids is 3. The van der Waals surface area contributed by atoms with E-state index in [1.165, 1.54) is 31.4 Å². The highest BCUT2D eigenvalue weighted by Crippen LogP contribution is 2.38. The molecule has 1 fully saturated rings. The molecule has 1 aliphatic heterocycles. The summed E-state index contributed by atoms with van der Waals surface area (Å²) in [5.74, 6) is -1.61. The van der Waals surface area contributed by atoms with Crippen LogP contribution in [0.1, 0.15) is 28.8 Å². The van der Waals surface area contributed by atoms with E-state index in [9.17, 15) is 19.2 Å². The van der Waals surface area contributed by atoms with E-state index < -0.39 is 29.7 Å². The molecule has 0 bridgehead atoms. The van der Waals surface area contributed by atoms with Crippen LogP contribution in [-0.4, -0.2) is 53.4 Å². The van der Waals surface area contributed by atoms with Crippen molar-refractivity contribution < 1.29 is 42.9 Å². The molecule has 0 radical (unpaired) electrons.